The van der Waals surface area contributed by atoms with Crippen LogP contribution in [-0.2, 0) is 14.3 Å². The molecule has 8 atom stereocenters. The molecule has 7 nitrogen and oxygen atoms in total. The number of nitrogens with two attached hydrogens (primary N) is 1. The van der Waals surface area contributed by atoms with Gasteiger partial charge in [-0.2, -0.15) is 13.2 Å². The van der Waals surface area contributed by atoms with Crippen LogP contribution in [0.1, 0.15) is 59.8 Å². The molecule has 0 radical (unpaired) electrons. The largest absolute Gasteiger partial charge is 0.457 e. The first-order valence-electron chi connectivity index (χ1n) is 13.4. The molecule has 5 N–H and O–H groups in total. The van der Waals surface area contributed by atoms with Crippen molar-refractivity contribution in [2.24, 2.45) is 45.7 Å². The van der Waals surface area contributed by atoms with Crippen LogP contribution in [0.5, 0.6) is 0 Å². The molecule has 2 bridgehead atoms. The zero-order valence-electron chi connectivity index (χ0n) is 22.1. The molecule has 0 aromatic rings. The Hall–Kier alpha value is -1.75. The minimum absolute atomic E-state index is 0.110. The van der Waals surface area contributed by atoms with E-state index >= 15 is 0 Å². The van der Waals surface area contributed by atoms with Gasteiger partial charge < -0.3 is 25.8 Å². The van der Waals surface area contributed by atoms with Gasteiger partial charge in [-0.1, -0.05) is 32.9 Å². The molecule has 0 saturated heterocycles. The van der Waals surface area contributed by atoms with E-state index in [4.69, 9.17) is 10.5 Å². The molecule has 5 fully saturated rings. The summed E-state index contributed by atoms with van der Waals surface area (Å²) in [6.07, 6.45) is -1.31. The highest BCUT2D eigenvalue weighted by Gasteiger charge is 2.84. The zero-order valence-corrected chi connectivity index (χ0v) is 22.1. The minimum atomic E-state index is -4.31. The van der Waals surface area contributed by atoms with Crippen LogP contribution >= 0.6 is 0 Å². The second-order valence-electron chi connectivity index (χ2n) is 13.9. The molecule has 38 heavy (non-hydrogen) atoms. The number of aliphatic hydroxyl groups is 3. The van der Waals surface area contributed by atoms with Crippen LogP contribution in [0.4, 0.5) is 13.2 Å². The topological polar surface area (TPSA) is 130 Å². The van der Waals surface area contributed by atoms with Gasteiger partial charge in [0, 0.05) is 29.6 Å². The molecule has 0 heterocycles. The molecule has 7 aliphatic rings. The smallest absolute Gasteiger partial charge is 0.394 e. The molecule has 0 unspecified atom stereocenters. The highest BCUT2D eigenvalue weighted by Crippen LogP contribution is 2.80. The first kappa shape index (κ1) is 26.5. The van der Waals surface area contributed by atoms with E-state index in [-0.39, 0.29) is 32.1 Å². The lowest BCUT2D eigenvalue weighted by Crippen LogP contribution is -2.75. The van der Waals surface area contributed by atoms with Crippen molar-refractivity contribution in [1.29, 1.82) is 0 Å². The van der Waals surface area contributed by atoms with E-state index < -0.39 is 87.3 Å². The minimum Gasteiger partial charge on any atom is -0.457 e. The van der Waals surface area contributed by atoms with E-state index in [0.717, 1.165) is 0 Å². The van der Waals surface area contributed by atoms with E-state index in [9.17, 15) is 38.1 Å². The van der Waals surface area contributed by atoms with Crippen LogP contribution < -0.4 is 5.73 Å². The third-order valence-corrected chi connectivity index (χ3v) is 11.7. The van der Waals surface area contributed by atoms with Gasteiger partial charge in [0.25, 0.3) is 0 Å². The fourth-order valence-electron chi connectivity index (χ4n) is 9.59. The second kappa shape index (κ2) is 7.11. The summed E-state index contributed by atoms with van der Waals surface area (Å²) in [6, 6.07) is -1.17. The lowest BCUT2D eigenvalue weighted by atomic mass is 9.33. The quantitative estimate of drug-likeness (QED) is 0.319. The molecule has 7 aliphatic carbocycles. The molecule has 7 rings (SSSR count). The molecule has 0 amide bonds. The van der Waals surface area contributed by atoms with Crippen molar-refractivity contribution >= 4 is 11.8 Å². The maximum Gasteiger partial charge on any atom is 0.394 e. The molecule has 5 saturated carbocycles. The van der Waals surface area contributed by atoms with Crippen LogP contribution in [-0.4, -0.2) is 62.7 Å². The standard InChI is InChI=1S/C28H36F3NO6/c1-13-5-17-25(36,20(13)34)8-15(9-33)6-16-18-22(3,4)26(18,7-14(2)27(16,17)37)38-21(35)19(32)23-10-24(11-23,12-23)28(29,30)31/h5-6,14,16-19,33,36-37H,7-12,32H2,1-4H3/t14-,16+,17-,18-,19-,23?,24?,25-,26+,27-/m1/s1. The number of carbonyl (C=O) groups is 2. The summed E-state index contributed by atoms with van der Waals surface area (Å²) in [5.41, 5.74) is -0.681. The van der Waals surface area contributed by atoms with Crippen LogP contribution in [0, 0.1) is 39.9 Å². The van der Waals surface area contributed by atoms with Crippen molar-refractivity contribution in [3.8, 4) is 0 Å². The Morgan fingerprint density at radius 1 is 1.21 bits per heavy atom. The van der Waals surface area contributed by atoms with E-state index in [2.05, 4.69) is 0 Å². The maximum absolute atomic E-state index is 13.4. The summed E-state index contributed by atoms with van der Waals surface area (Å²) in [6.45, 7) is 6.83. The normalized spacial score (nSPS) is 50.7. The Bertz CT molecular complexity index is 1190. The maximum atomic E-state index is 13.4. The number of hydrogen-bond acceptors (Lipinski definition) is 7. The van der Waals surface area contributed by atoms with Crippen molar-refractivity contribution in [1.82, 2.24) is 0 Å². The highest BCUT2D eigenvalue weighted by atomic mass is 19.4. The molecule has 0 spiro atoms. The third-order valence-electron chi connectivity index (χ3n) is 11.7. The fraction of sp³-hybridized carbons (Fsp3) is 0.786. The van der Waals surface area contributed by atoms with Crippen molar-refractivity contribution in [3.05, 3.63) is 23.3 Å². The summed E-state index contributed by atoms with van der Waals surface area (Å²) in [4.78, 5) is 26.4. The van der Waals surface area contributed by atoms with Gasteiger partial charge >= 0.3 is 12.1 Å². The van der Waals surface area contributed by atoms with E-state index in [1.165, 1.54) is 0 Å². The van der Waals surface area contributed by atoms with Crippen molar-refractivity contribution in [2.75, 3.05) is 6.61 Å². The number of alkyl halides is 3. The molecular formula is C28H36F3NO6. The Morgan fingerprint density at radius 3 is 2.37 bits per heavy atom. The van der Waals surface area contributed by atoms with Gasteiger partial charge in [0.1, 0.15) is 17.2 Å². The Balaban J connectivity index is 1.31. The summed E-state index contributed by atoms with van der Waals surface area (Å²) >= 11 is 0. The predicted octanol–water partition coefficient (Wildman–Crippen LogP) is 2.57. The summed E-state index contributed by atoms with van der Waals surface area (Å²) in [7, 11) is 0. The lowest BCUT2D eigenvalue weighted by Gasteiger charge is -2.71. The Morgan fingerprint density at radius 2 is 1.82 bits per heavy atom. The number of fused-ring (bicyclic) bond motifs is 5. The number of aliphatic hydroxyl groups excluding tert-OH is 1. The van der Waals surface area contributed by atoms with E-state index in [0.29, 0.717) is 11.1 Å². The van der Waals surface area contributed by atoms with Crippen molar-refractivity contribution < 1.29 is 42.8 Å². The fourth-order valence-corrected chi connectivity index (χ4v) is 9.59. The van der Waals surface area contributed by atoms with Crippen molar-refractivity contribution in [3.63, 3.8) is 0 Å². The zero-order chi connectivity index (χ0) is 28.1. The van der Waals surface area contributed by atoms with Gasteiger partial charge in [-0.3, -0.25) is 9.59 Å². The first-order chi connectivity index (χ1) is 17.4. The number of halogens is 3. The van der Waals surface area contributed by atoms with Gasteiger partial charge in [0.15, 0.2) is 5.78 Å². The van der Waals surface area contributed by atoms with Gasteiger partial charge in [-0.25, -0.2) is 0 Å². The number of esters is 1. The number of hydrogen-bond donors (Lipinski definition) is 4. The summed E-state index contributed by atoms with van der Waals surface area (Å²) < 4.78 is 46.2. The molecule has 0 aliphatic heterocycles. The first-order valence-corrected chi connectivity index (χ1v) is 13.4. The van der Waals surface area contributed by atoms with Crippen LogP contribution in [0.25, 0.3) is 0 Å². The van der Waals surface area contributed by atoms with E-state index in [1.54, 1.807) is 26.0 Å². The number of ether oxygens (including phenoxy) is 1. The van der Waals surface area contributed by atoms with Crippen LogP contribution in [0.15, 0.2) is 23.3 Å². The Labute approximate surface area is 219 Å². The molecule has 210 valence electrons. The molecule has 0 aromatic heterocycles. The Kier molecular flexibility index (Phi) is 4.95. The average molecular weight is 540 g/mol. The summed E-state index contributed by atoms with van der Waals surface area (Å²) in [5.74, 6) is -3.69. The van der Waals surface area contributed by atoms with Crippen LogP contribution in [0.3, 0.4) is 0 Å². The van der Waals surface area contributed by atoms with Gasteiger partial charge in [-0.05, 0) is 55.1 Å². The number of Topliss-reactive ketones (excluding diaryl/α,β-unsaturated/α-hetero) is 1. The van der Waals surface area contributed by atoms with Gasteiger partial charge in [-0.15, -0.1) is 0 Å². The highest BCUT2D eigenvalue weighted by molar-refractivity contribution is 6.04. The third kappa shape index (κ3) is 2.75. The monoisotopic (exact) mass is 539 g/mol. The average Bonchev–Trinajstić information content (AvgIpc) is 3.15. The van der Waals surface area contributed by atoms with Gasteiger partial charge in [0.05, 0.1) is 17.6 Å². The molecule has 0 aromatic carbocycles. The van der Waals surface area contributed by atoms with E-state index in [1.807, 2.05) is 13.8 Å². The predicted molar refractivity (Wildman–Crippen MR) is 128 cm³/mol. The lowest BCUT2D eigenvalue weighted by molar-refractivity contribution is -0.366. The van der Waals surface area contributed by atoms with Crippen LogP contribution in [0.2, 0.25) is 0 Å². The molecule has 10 heteroatoms. The number of ketones is 1. The second-order valence-corrected chi connectivity index (χ2v) is 13.9. The summed E-state index contributed by atoms with van der Waals surface area (Å²) in [5, 5.41) is 34.0. The van der Waals surface area contributed by atoms with Crippen molar-refractivity contribution in [2.45, 2.75) is 88.8 Å². The SMILES string of the molecule is CC1=C[C@H]2[C@@]3(O)[C@H](C)C[C@]4(OC(=O)[C@@H](N)C56CC(C(F)(F)F)(C5)C6)[C@H]([C@@H]3C=C(CO)C[C@]2(O)C1=O)C4(C)C. The number of carbonyl (C=O) groups excluding carboxylic acids is 2. The molecular weight excluding hydrogens is 503 g/mol. The number of rotatable bonds is 4. The van der Waals surface area contributed by atoms with Gasteiger partial charge in [0.2, 0.25) is 0 Å².